The molecule has 0 aliphatic rings. The molecule has 1 aromatic carbocycles. The lowest BCUT2D eigenvalue weighted by Crippen LogP contribution is -2.35. The van der Waals surface area contributed by atoms with Crippen molar-refractivity contribution < 1.29 is 4.79 Å². The second-order valence-electron chi connectivity index (χ2n) is 5.99. The van der Waals surface area contributed by atoms with E-state index in [0.717, 1.165) is 12.0 Å². The largest absolute Gasteiger partial charge is 0.354 e. The highest BCUT2D eigenvalue weighted by atomic mass is 35.5. The summed E-state index contributed by atoms with van der Waals surface area (Å²) in [6.45, 7) is 9.14. The molecule has 0 aliphatic heterocycles. The molecule has 1 amide bonds. The monoisotopic (exact) mass is 284 g/mol. The minimum Gasteiger partial charge on any atom is -0.354 e. The van der Waals surface area contributed by atoms with Crippen LogP contribution in [0.4, 0.5) is 0 Å². The summed E-state index contributed by atoms with van der Waals surface area (Å²) in [6.07, 6.45) is 0.944. The van der Waals surface area contributed by atoms with E-state index in [-0.39, 0.29) is 23.7 Å². The summed E-state index contributed by atoms with van der Waals surface area (Å²) in [7, 11) is 0. The van der Waals surface area contributed by atoms with E-state index in [1.165, 1.54) is 5.56 Å². The van der Waals surface area contributed by atoms with Gasteiger partial charge in [0.25, 0.3) is 0 Å². The van der Waals surface area contributed by atoms with Gasteiger partial charge in [-0.3, -0.25) is 4.79 Å². The lowest BCUT2D eigenvalue weighted by atomic mass is 9.92. The van der Waals surface area contributed by atoms with Crippen molar-refractivity contribution in [1.82, 2.24) is 5.32 Å². The summed E-state index contributed by atoms with van der Waals surface area (Å²) in [6, 6.07) is 7.17. The van der Waals surface area contributed by atoms with Crippen molar-refractivity contribution in [2.45, 2.75) is 40.2 Å². The molecule has 1 rings (SSSR count). The molecule has 1 atom stereocenters. The third-order valence-corrected chi connectivity index (χ3v) is 2.89. The number of rotatable bonds is 4. The Balaban J connectivity index is 0.00000324. The zero-order chi connectivity index (χ0) is 13.8. The van der Waals surface area contributed by atoms with Crippen LogP contribution in [0.25, 0.3) is 0 Å². The van der Waals surface area contributed by atoms with E-state index in [1.807, 2.05) is 31.2 Å². The molecule has 3 N–H and O–H groups in total. The molecule has 1 unspecified atom stereocenters. The molecule has 19 heavy (non-hydrogen) atoms. The van der Waals surface area contributed by atoms with Gasteiger partial charge >= 0.3 is 0 Å². The maximum Gasteiger partial charge on any atom is 0.241 e. The average Bonchev–Trinajstić information content (AvgIpc) is 2.27. The van der Waals surface area contributed by atoms with Crippen molar-refractivity contribution in [1.29, 1.82) is 0 Å². The molecule has 1 aromatic rings. The summed E-state index contributed by atoms with van der Waals surface area (Å²) >= 11 is 0. The van der Waals surface area contributed by atoms with E-state index in [2.05, 4.69) is 26.1 Å². The topological polar surface area (TPSA) is 55.1 Å². The predicted octanol–water partition coefficient (Wildman–Crippen LogP) is 2.97. The number of aryl methyl sites for hydroxylation is 1. The minimum atomic E-state index is -0.578. The van der Waals surface area contributed by atoms with Crippen LogP contribution in [0.2, 0.25) is 0 Å². The Morgan fingerprint density at radius 2 is 1.79 bits per heavy atom. The highest BCUT2D eigenvalue weighted by Gasteiger charge is 2.16. The highest BCUT2D eigenvalue weighted by molar-refractivity contribution is 5.85. The smallest absolute Gasteiger partial charge is 0.241 e. The molecule has 0 spiro atoms. The lowest BCUT2D eigenvalue weighted by molar-refractivity contribution is -0.122. The normalized spacial score (nSPS) is 12.5. The van der Waals surface area contributed by atoms with Gasteiger partial charge in [-0.15, -0.1) is 12.4 Å². The first kappa shape index (κ1) is 17.9. The summed E-state index contributed by atoms with van der Waals surface area (Å²) in [5.74, 6) is -0.108. The SMILES string of the molecule is Cc1ccc(C(N)C(=O)NCCC(C)(C)C)cc1.Cl. The summed E-state index contributed by atoms with van der Waals surface area (Å²) in [5, 5.41) is 2.89. The maximum absolute atomic E-state index is 11.9. The fourth-order valence-corrected chi connectivity index (χ4v) is 1.60. The fraction of sp³-hybridized carbons (Fsp3) is 0.533. The van der Waals surface area contributed by atoms with Gasteiger partial charge in [-0.1, -0.05) is 50.6 Å². The Hall–Kier alpha value is -1.06. The van der Waals surface area contributed by atoms with Crippen LogP contribution in [-0.4, -0.2) is 12.5 Å². The number of hydrogen-bond acceptors (Lipinski definition) is 2. The van der Waals surface area contributed by atoms with Crippen molar-refractivity contribution in [3.8, 4) is 0 Å². The van der Waals surface area contributed by atoms with Crippen LogP contribution in [0.3, 0.4) is 0 Å². The van der Waals surface area contributed by atoms with Gasteiger partial charge in [0.15, 0.2) is 0 Å². The second-order valence-corrected chi connectivity index (χ2v) is 5.99. The third kappa shape index (κ3) is 6.60. The maximum atomic E-state index is 11.9. The van der Waals surface area contributed by atoms with Crippen LogP contribution in [0.15, 0.2) is 24.3 Å². The van der Waals surface area contributed by atoms with E-state index >= 15 is 0 Å². The van der Waals surface area contributed by atoms with Gasteiger partial charge in [0.2, 0.25) is 5.91 Å². The summed E-state index contributed by atoms with van der Waals surface area (Å²) < 4.78 is 0. The summed E-state index contributed by atoms with van der Waals surface area (Å²) in [5.41, 5.74) is 8.17. The molecule has 0 radical (unpaired) electrons. The molecule has 0 bridgehead atoms. The van der Waals surface area contributed by atoms with Crippen LogP contribution >= 0.6 is 12.4 Å². The van der Waals surface area contributed by atoms with Gasteiger partial charge in [0.1, 0.15) is 6.04 Å². The first-order valence-corrected chi connectivity index (χ1v) is 6.39. The van der Waals surface area contributed by atoms with E-state index in [4.69, 9.17) is 5.73 Å². The van der Waals surface area contributed by atoms with Crippen LogP contribution in [0.1, 0.15) is 44.4 Å². The number of nitrogens with two attached hydrogens (primary N) is 1. The van der Waals surface area contributed by atoms with Crippen molar-refractivity contribution in [2.24, 2.45) is 11.1 Å². The van der Waals surface area contributed by atoms with Crippen molar-refractivity contribution in [2.75, 3.05) is 6.54 Å². The second kappa shape index (κ2) is 7.51. The first-order chi connectivity index (χ1) is 8.29. The van der Waals surface area contributed by atoms with Gasteiger partial charge in [-0.2, -0.15) is 0 Å². The number of hydrogen-bond donors (Lipinski definition) is 2. The van der Waals surface area contributed by atoms with Crippen LogP contribution in [0.5, 0.6) is 0 Å². The third-order valence-electron chi connectivity index (χ3n) is 2.89. The Kier molecular flexibility index (Phi) is 7.09. The molecular formula is C15H25ClN2O. The number of amides is 1. The zero-order valence-electron chi connectivity index (χ0n) is 12.2. The van der Waals surface area contributed by atoms with E-state index < -0.39 is 6.04 Å². The van der Waals surface area contributed by atoms with Gasteiger partial charge < -0.3 is 11.1 Å². The predicted molar refractivity (Wildman–Crippen MR) is 82.4 cm³/mol. The van der Waals surface area contributed by atoms with Gasteiger partial charge in [-0.25, -0.2) is 0 Å². The molecule has 0 saturated carbocycles. The van der Waals surface area contributed by atoms with Crippen molar-refractivity contribution >= 4 is 18.3 Å². The minimum absolute atomic E-state index is 0. The molecule has 0 aromatic heterocycles. The molecular weight excluding hydrogens is 260 g/mol. The standard InChI is InChI=1S/C15H24N2O.ClH/c1-11-5-7-12(8-6-11)13(16)14(18)17-10-9-15(2,3)4;/h5-8,13H,9-10,16H2,1-4H3,(H,17,18);1H. The van der Waals surface area contributed by atoms with Gasteiger partial charge in [0, 0.05) is 6.54 Å². The summed E-state index contributed by atoms with van der Waals surface area (Å²) in [4.78, 5) is 11.9. The first-order valence-electron chi connectivity index (χ1n) is 6.39. The number of nitrogens with one attached hydrogen (secondary N) is 1. The van der Waals surface area contributed by atoms with E-state index in [9.17, 15) is 4.79 Å². The molecule has 4 heteroatoms. The van der Waals surface area contributed by atoms with Gasteiger partial charge in [-0.05, 0) is 24.3 Å². The van der Waals surface area contributed by atoms with Crippen LogP contribution < -0.4 is 11.1 Å². The van der Waals surface area contributed by atoms with Crippen LogP contribution in [0, 0.1) is 12.3 Å². The van der Waals surface area contributed by atoms with Gasteiger partial charge in [0.05, 0.1) is 0 Å². The Labute approximate surface area is 122 Å². The van der Waals surface area contributed by atoms with Crippen molar-refractivity contribution in [3.63, 3.8) is 0 Å². The molecule has 108 valence electrons. The van der Waals surface area contributed by atoms with Crippen LogP contribution in [-0.2, 0) is 4.79 Å². The average molecular weight is 285 g/mol. The Morgan fingerprint density at radius 1 is 1.26 bits per heavy atom. The number of carbonyl (C=O) groups excluding carboxylic acids is 1. The molecule has 0 heterocycles. The molecule has 0 aliphatic carbocycles. The lowest BCUT2D eigenvalue weighted by Gasteiger charge is -2.19. The number of benzene rings is 1. The van der Waals surface area contributed by atoms with E-state index in [0.29, 0.717) is 6.54 Å². The zero-order valence-corrected chi connectivity index (χ0v) is 13.0. The number of carbonyl (C=O) groups is 1. The molecule has 0 saturated heterocycles. The molecule has 0 fully saturated rings. The van der Waals surface area contributed by atoms with E-state index in [1.54, 1.807) is 0 Å². The highest BCUT2D eigenvalue weighted by Crippen LogP contribution is 2.17. The quantitative estimate of drug-likeness (QED) is 0.893. The Morgan fingerprint density at radius 3 is 2.26 bits per heavy atom. The van der Waals surface area contributed by atoms with Crippen molar-refractivity contribution in [3.05, 3.63) is 35.4 Å². The number of halogens is 1. The Bertz CT molecular complexity index is 396. The molecule has 3 nitrogen and oxygen atoms in total. The fourth-order valence-electron chi connectivity index (χ4n) is 1.60.